The van der Waals surface area contributed by atoms with Gasteiger partial charge in [0.05, 0.1) is 27.5 Å². The zero-order valence-electron chi connectivity index (χ0n) is 12.8. The van der Waals surface area contributed by atoms with Gasteiger partial charge < -0.3 is 4.57 Å². The first-order chi connectivity index (χ1) is 11.4. The SMILES string of the molecule is C#CCn1c(=NC(=O)c2sc(C)nc2C)sc2cc(F)cc(F)c21. The Kier molecular flexibility index (Phi) is 4.30. The van der Waals surface area contributed by atoms with Crippen LogP contribution in [0.3, 0.4) is 0 Å². The van der Waals surface area contributed by atoms with E-state index in [0.29, 0.717) is 15.3 Å². The molecule has 3 rings (SSSR count). The molecule has 0 unspecified atom stereocenters. The molecule has 0 saturated carbocycles. The Morgan fingerprint density at radius 3 is 2.75 bits per heavy atom. The van der Waals surface area contributed by atoms with Crippen LogP contribution >= 0.6 is 22.7 Å². The lowest BCUT2D eigenvalue weighted by molar-refractivity contribution is 0.100. The van der Waals surface area contributed by atoms with E-state index in [0.717, 1.165) is 22.4 Å². The number of amides is 1. The van der Waals surface area contributed by atoms with Crippen LogP contribution in [0.15, 0.2) is 17.1 Å². The minimum Gasteiger partial charge on any atom is -0.302 e. The number of benzene rings is 1. The number of aryl methyl sites for hydroxylation is 2. The largest absolute Gasteiger partial charge is 0.302 e. The number of fused-ring (bicyclic) bond motifs is 1. The van der Waals surface area contributed by atoms with E-state index >= 15 is 0 Å². The van der Waals surface area contributed by atoms with Crippen LogP contribution in [0.25, 0.3) is 10.2 Å². The molecule has 1 amide bonds. The lowest BCUT2D eigenvalue weighted by Gasteiger charge is -2.01. The lowest BCUT2D eigenvalue weighted by atomic mass is 10.3. The summed E-state index contributed by atoms with van der Waals surface area (Å²) >= 11 is 2.25. The molecule has 0 saturated heterocycles. The number of hydrogen-bond donors (Lipinski definition) is 0. The number of carbonyl (C=O) groups excluding carboxylic acids is 1. The third-order valence-corrected chi connectivity index (χ3v) is 5.33. The molecule has 0 radical (unpaired) electrons. The minimum atomic E-state index is -0.741. The van der Waals surface area contributed by atoms with E-state index in [1.165, 1.54) is 22.0 Å². The second-order valence-corrected chi connectivity index (χ2v) is 7.19. The van der Waals surface area contributed by atoms with Gasteiger partial charge in [-0.15, -0.1) is 17.8 Å². The highest BCUT2D eigenvalue weighted by molar-refractivity contribution is 7.16. The molecule has 2 aromatic heterocycles. The Balaban J connectivity index is 2.23. The zero-order chi connectivity index (χ0) is 17.4. The second-order valence-electron chi connectivity index (χ2n) is 4.97. The summed E-state index contributed by atoms with van der Waals surface area (Å²) in [5.41, 5.74) is 0.733. The van der Waals surface area contributed by atoms with Gasteiger partial charge in [-0.3, -0.25) is 4.79 Å². The average Bonchev–Trinajstić information content (AvgIpc) is 2.99. The van der Waals surface area contributed by atoms with Crippen molar-refractivity contribution < 1.29 is 13.6 Å². The quantitative estimate of drug-likeness (QED) is 0.655. The summed E-state index contributed by atoms with van der Waals surface area (Å²) in [7, 11) is 0. The molecular weight excluding hydrogens is 352 g/mol. The van der Waals surface area contributed by atoms with Crippen molar-refractivity contribution >= 4 is 38.8 Å². The molecule has 24 heavy (non-hydrogen) atoms. The molecular formula is C16H11F2N3OS2. The number of halogens is 2. The molecule has 0 atom stereocenters. The van der Waals surface area contributed by atoms with Gasteiger partial charge in [0.15, 0.2) is 10.6 Å². The van der Waals surface area contributed by atoms with Crippen LogP contribution in [-0.4, -0.2) is 15.5 Å². The Bertz CT molecular complexity index is 1070. The van der Waals surface area contributed by atoms with Crippen molar-refractivity contribution in [2.75, 3.05) is 0 Å². The first-order valence-corrected chi connectivity index (χ1v) is 8.49. The van der Waals surface area contributed by atoms with Crippen molar-refractivity contribution in [2.24, 2.45) is 4.99 Å². The summed E-state index contributed by atoms with van der Waals surface area (Å²) in [6, 6.07) is 1.98. The van der Waals surface area contributed by atoms with E-state index in [1.54, 1.807) is 13.8 Å². The molecule has 0 N–H and O–H groups in total. The van der Waals surface area contributed by atoms with Crippen molar-refractivity contribution in [3.05, 3.63) is 44.1 Å². The molecule has 122 valence electrons. The van der Waals surface area contributed by atoms with Gasteiger partial charge in [0.1, 0.15) is 10.7 Å². The molecule has 0 bridgehead atoms. The van der Waals surface area contributed by atoms with E-state index in [9.17, 15) is 13.6 Å². The van der Waals surface area contributed by atoms with Gasteiger partial charge in [0.25, 0.3) is 5.91 Å². The van der Waals surface area contributed by atoms with Crippen LogP contribution in [-0.2, 0) is 6.54 Å². The molecule has 0 aliphatic rings. The molecule has 4 nitrogen and oxygen atoms in total. The maximum Gasteiger partial charge on any atom is 0.291 e. The summed E-state index contributed by atoms with van der Waals surface area (Å²) in [5.74, 6) is 0.491. The maximum atomic E-state index is 14.1. The molecule has 0 spiro atoms. The predicted molar refractivity (Wildman–Crippen MR) is 90.0 cm³/mol. The van der Waals surface area contributed by atoms with Gasteiger partial charge in [-0.05, 0) is 19.9 Å². The van der Waals surface area contributed by atoms with Crippen molar-refractivity contribution in [3.63, 3.8) is 0 Å². The lowest BCUT2D eigenvalue weighted by Crippen LogP contribution is -2.17. The molecule has 0 aliphatic carbocycles. The van der Waals surface area contributed by atoms with Crippen molar-refractivity contribution in [3.8, 4) is 12.3 Å². The fraction of sp³-hybridized carbons (Fsp3) is 0.188. The van der Waals surface area contributed by atoms with Crippen LogP contribution in [0.2, 0.25) is 0 Å². The topological polar surface area (TPSA) is 47.2 Å². The standard InChI is InChI=1S/C16H11F2N3OS2/c1-4-5-21-13-11(18)6-10(17)7-12(13)24-16(21)20-15(22)14-8(2)19-9(3)23-14/h1,6-7H,5H2,2-3H3. The summed E-state index contributed by atoms with van der Waals surface area (Å²) in [5, 5.41) is 0.756. The van der Waals surface area contributed by atoms with Crippen LogP contribution in [0.5, 0.6) is 0 Å². The number of hydrogen-bond acceptors (Lipinski definition) is 4. The molecule has 0 aliphatic heterocycles. The summed E-state index contributed by atoms with van der Waals surface area (Å²) in [6.07, 6.45) is 5.33. The van der Waals surface area contributed by atoms with Gasteiger partial charge in [-0.2, -0.15) is 4.99 Å². The van der Waals surface area contributed by atoms with Gasteiger partial charge in [-0.25, -0.2) is 13.8 Å². The van der Waals surface area contributed by atoms with Gasteiger partial charge in [-0.1, -0.05) is 17.3 Å². The van der Waals surface area contributed by atoms with Crippen molar-refractivity contribution in [2.45, 2.75) is 20.4 Å². The van der Waals surface area contributed by atoms with Crippen LogP contribution in [0.1, 0.15) is 20.4 Å². The highest BCUT2D eigenvalue weighted by atomic mass is 32.1. The molecule has 8 heteroatoms. The monoisotopic (exact) mass is 363 g/mol. The van der Waals surface area contributed by atoms with E-state index in [2.05, 4.69) is 15.9 Å². The fourth-order valence-corrected chi connectivity index (χ4v) is 4.19. The van der Waals surface area contributed by atoms with Gasteiger partial charge in [0.2, 0.25) is 0 Å². The van der Waals surface area contributed by atoms with Crippen LogP contribution < -0.4 is 4.80 Å². The summed E-state index contributed by atoms with van der Waals surface area (Å²) in [4.78, 5) is 21.3. The Morgan fingerprint density at radius 2 is 2.12 bits per heavy atom. The number of aromatic nitrogens is 2. The van der Waals surface area contributed by atoms with E-state index in [4.69, 9.17) is 6.42 Å². The summed E-state index contributed by atoms with van der Waals surface area (Å²) < 4.78 is 29.3. The van der Waals surface area contributed by atoms with Crippen molar-refractivity contribution in [1.82, 2.24) is 9.55 Å². The fourth-order valence-electron chi connectivity index (χ4n) is 2.32. The Labute approximate surface area is 144 Å². The zero-order valence-corrected chi connectivity index (χ0v) is 14.4. The Hall–Kier alpha value is -2.37. The van der Waals surface area contributed by atoms with Gasteiger partial charge in [0, 0.05) is 6.07 Å². The van der Waals surface area contributed by atoms with E-state index in [1.807, 2.05) is 0 Å². The number of rotatable bonds is 2. The third kappa shape index (κ3) is 2.88. The summed E-state index contributed by atoms with van der Waals surface area (Å²) in [6.45, 7) is 3.54. The van der Waals surface area contributed by atoms with Crippen molar-refractivity contribution in [1.29, 1.82) is 0 Å². The number of terminal acetylenes is 1. The number of thiazole rings is 2. The molecule has 3 aromatic rings. The van der Waals surface area contributed by atoms with Crippen LogP contribution in [0, 0.1) is 37.8 Å². The molecule has 2 heterocycles. The normalized spacial score (nSPS) is 11.9. The third-order valence-electron chi connectivity index (χ3n) is 3.24. The van der Waals surface area contributed by atoms with Gasteiger partial charge >= 0.3 is 0 Å². The molecule has 1 aromatic carbocycles. The number of nitrogens with zero attached hydrogens (tertiary/aromatic N) is 3. The average molecular weight is 363 g/mol. The highest BCUT2D eigenvalue weighted by Crippen LogP contribution is 2.23. The minimum absolute atomic E-state index is 0.0232. The first kappa shape index (κ1) is 16.5. The molecule has 0 fully saturated rings. The Morgan fingerprint density at radius 1 is 1.38 bits per heavy atom. The predicted octanol–water partition coefficient (Wildman–Crippen LogP) is 3.43. The maximum absolute atomic E-state index is 14.1. The number of carbonyl (C=O) groups is 1. The van der Waals surface area contributed by atoms with Crippen LogP contribution in [0.4, 0.5) is 8.78 Å². The first-order valence-electron chi connectivity index (χ1n) is 6.85. The highest BCUT2D eigenvalue weighted by Gasteiger charge is 2.16. The van der Waals surface area contributed by atoms with E-state index in [-0.39, 0.29) is 16.9 Å². The smallest absolute Gasteiger partial charge is 0.291 e. The second kappa shape index (κ2) is 6.26. The van der Waals surface area contributed by atoms with E-state index < -0.39 is 17.5 Å².